The summed E-state index contributed by atoms with van der Waals surface area (Å²) in [4.78, 5) is 7.62. The predicted octanol–water partition coefficient (Wildman–Crippen LogP) is 20.1. The molecule has 14 aromatic rings. The summed E-state index contributed by atoms with van der Waals surface area (Å²) in [5, 5.41) is 2.16. The van der Waals surface area contributed by atoms with Gasteiger partial charge in [-0.15, -0.1) is 0 Å². The highest BCUT2D eigenvalue weighted by molar-refractivity contribution is 6.93. The first-order chi connectivity index (χ1) is 41.1. The average Bonchev–Trinajstić information content (AvgIpc) is 3.64. The molecule has 0 unspecified atom stereocenters. The number of para-hydroxylation sites is 1. The summed E-state index contributed by atoms with van der Waals surface area (Å²) in [7, 11) is 0. The maximum Gasteiger partial charge on any atom is 0.333 e. The molecule has 0 bridgehead atoms. The maximum atomic E-state index is 6.46. The second-order valence-electron chi connectivity index (χ2n) is 21.6. The van der Waals surface area contributed by atoms with Gasteiger partial charge in [-0.05, 0) is 163 Å². The van der Waals surface area contributed by atoms with Crippen LogP contribution >= 0.6 is 0 Å². The molecule has 13 aromatic carbocycles. The minimum atomic E-state index is -0.254. The molecule has 0 saturated heterocycles. The highest BCUT2D eigenvalue weighted by Crippen LogP contribution is 2.51. The van der Waals surface area contributed by atoms with Gasteiger partial charge in [0.15, 0.2) is 0 Å². The molecule has 83 heavy (non-hydrogen) atoms. The van der Waals surface area contributed by atoms with E-state index in [0.29, 0.717) is 0 Å². The predicted molar refractivity (Wildman–Crippen MR) is 349 cm³/mol. The molecule has 0 N–H and O–H groups in total. The standard InChI is InChI=1S/C78H52BN3O/c1-6-21-53(22-7-1)58-31-18-34-63(45-58)80(65-41-44-77-70(51-65)69-37-16-17-38-76(69)83-77)66-40-42-68-71-48-62(57-29-14-5-15-30-57)50-75-78(71)79(82(73(68)52-66)67-36-20-33-60(47-67)55-25-10-3-11-26-55)72-43-39-61(56-27-12-4-13-28-56)49-74(72)81(75)64-35-19-32-59(46-64)54-23-8-2-9-24-54/h1-52H. The minimum absolute atomic E-state index is 0.254. The molecule has 2 aliphatic rings. The molecule has 388 valence electrons. The van der Waals surface area contributed by atoms with E-state index < -0.39 is 0 Å². The number of hydrogen-bond acceptors (Lipinski definition) is 4. The van der Waals surface area contributed by atoms with Crippen LogP contribution in [-0.2, 0) is 0 Å². The third kappa shape index (κ3) is 8.40. The largest absolute Gasteiger partial charge is 0.456 e. The van der Waals surface area contributed by atoms with Crippen molar-refractivity contribution in [3.8, 4) is 66.8 Å². The first kappa shape index (κ1) is 48.1. The third-order valence-corrected chi connectivity index (χ3v) is 16.8. The fourth-order valence-corrected chi connectivity index (χ4v) is 12.9. The van der Waals surface area contributed by atoms with Gasteiger partial charge in [-0.3, -0.25) is 0 Å². The van der Waals surface area contributed by atoms with Gasteiger partial charge in [0.05, 0.1) is 0 Å². The molecule has 0 saturated carbocycles. The SMILES string of the molecule is c1ccc(-c2cccc(N3B4c5ccc(-c6ccccc6)cc5N(c5cccc(-c6ccccc6)c5)c5cc(-c6ccccc6)cc(c54)-c4ccc(N(c5cccc(-c6ccccc6)c5)c5ccc6oc7ccccc7c6c5)cc43)c2)cc1. The van der Waals surface area contributed by atoms with Crippen molar-refractivity contribution >= 4 is 85.2 Å². The molecule has 3 heterocycles. The third-order valence-electron chi connectivity index (χ3n) is 16.8. The van der Waals surface area contributed by atoms with Crippen molar-refractivity contribution in [1.29, 1.82) is 0 Å². The average molecular weight is 1060 g/mol. The van der Waals surface area contributed by atoms with Gasteiger partial charge in [-0.2, -0.15) is 0 Å². The molecule has 2 aliphatic heterocycles. The molecular formula is C78H52BN3O. The number of rotatable bonds is 10. The lowest BCUT2D eigenvalue weighted by atomic mass is 9.43. The molecule has 0 fully saturated rings. The van der Waals surface area contributed by atoms with Crippen molar-refractivity contribution in [2.75, 3.05) is 14.6 Å². The highest BCUT2D eigenvalue weighted by Gasteiger charge is 2.46. The summed E-state index contributed by atoms with van der Waals surface area (Å²) in [6, 6.07) is 115. The van der Waals surface area contributed by atoms with Gasteiger partial charge in [-0.25, -0.2) is 0 Å². The summed E-state index contributed by atoms with van der Waals surface area (Å²) in [5.74, 6) is 0. The Morgan fingerprint density at radius 3 is 1.41 bits per heavy atom. The summed E-state index contributed by atoms with van der Waals surface area (Å²) >= 11 is 0. The first-order valence-corrected chi connectivity index (χ1v) is 28.5. The normalized spacial score (nSPS) is 12.3. The lowest BCUT2D eigenvalue weighted by Gasteiger charge is -2.46. The molecule has 0 amide bonds. The van der Waals surface area contributed by atoms with Crippen LogP contribution in [0.3, 0.4) is 0 Å². The number of nitrogens with zero attached hydrogens (tertiary/aromatic N) is 3. The molecule has 1 aromatic heterocycles. The molecule has 0 aliphatic carbocycles. The number of benzene rings is 13. The Morgan fingerprint density at radius 2 is 0.759 bits per heavy atom. The van der Waals surface area contributed by atoms with Crippen LogP contribution in [0.25, 0.3) is 88.7 Å². The molecule has 0 radical (unpaired) electrons. The van der Waals surface area contributed by atoms with E-state index in [9.17, 15) is 0 Å². The molecule has 0 atom stereocenters. The lowest BCUT2D eigenvalue weighted by molar-refractivity contribution is 0.669. The van der Waals surface area contributed by atoms with E-state index in [1.165, 1.54) is 33.2 Å². The van der Waals surface area contributed by atoms with Gasteiger partial charge in [-0.1, -0.05) is 224 Å². The first-order valence-electron chi connectivity index (χ1n) is 28.5. The monoisotopic (exact) mass is 1060 g/mol. The van der Waals surface area contributed by atoms with E-state index in [1.807, 2.05) is 6.07 Å². The van der Waals surface area contributed by atoms with E-state index in [0.717, 1.165) is 112 Å². The van der Waals surface area contributed by atoms with E-state index in [-0.39, 0.29) is 6.85 Å². The van der Waals surface area contributed by atoms with E-state index in [2.05, 4.69) is 324 Å². The smallest absolute Gasteiger partial charge is 0.333 e. The van der Waals surface area contributed by atoms with Crippen LogP contribution in [0.5, 0.6) is 0 Å². The van der Waals surface area contributed by atoms with Gasteiger partial charge in [0.2, 0.25) is 0 Å². The van der Waals surface area contributed by atoms with Gasteiger partial charge in [0.1, 0.15) is 11.2 Å². The van der Waals surface area contributed by atoms with Crippen molar-refractivity contribution in [2.24, 2.45) is 0 Å². The minimum Gasteiger partial charge on any atom is -0.456 e. The van der Waals surface area contributed by atoms with Crippen LogP contribution in [0.4, 0.5) is 45.5 Å². The molecule has 0 spiro atoms. The maximum absolute atomic E-state index is 6.46. The Hall–Kier alpha value is -10.9. The fourth-order valence-electron chi connectivity index (χ4n) is 12.9. The van der Waals surface area contributed by atoms with Crippen LogP contribution in [0.1, 0.15) is 0 Å². The Labute approximate surface area is 483 Å². The van der Waals surface area contributed by atoms with Crippen molar-refractivity contribution in [3.05, 3.63) is 315 Å². The molecular weight excluding hydrogens is 1010 g/mol. The number of furan rings is 1. The zero-order chi connectivity index (χ0) is 54.8. The van der Waals surface area contributed by atoms with Crippen LogP contribution < -0.4 is 25.5 Å². The van der Waals surface area contributed by atoms with Crippen LogP contribution in [-0.4, -0.2) is 6.85 Å². The Morgan fingerprint density at radius 1 is 0.277 bits per heavy atom. The second kappa shape index (κ2) is 20.0. The molecule has 5 heteroatoms. The quantitative estimate of drug-likeness (QED) is 0.127. The zero-order valence-electron chi connectivity index (χ0n) is 45.3. The van der Waals surface area contributed by atoms with E-state index in [4.69, 9.17) is 4.42 Å². The van der Waals surface area contributed by atoms with Crippen molar-refractivity contribution < 1.29 is 4.42 Å². The topological polar surface area (TPSA) is 22.9 Å². The van der Waals surface area contributed by atoms with Gasteiger partial charge in [0.25, 0.3) is 0 Å². The fraction of sp³-hybridized carbons (Fsp3) is 0. The summed E-state index contributed by atoms with van der Waals surface area (Å²) in [6.45, 7) is -0.254. The van der Waals surface area contributed by atoms with Gasteiger partial charge < -0.3 is 19.0 Å². The summed E-state index contributed by atoms with van der Waals surface area (Å²) in [5.41, 5.74) is 26.8. The highest BCUT2D eigenvalue weighted by atomic mass is 16.3. The van der Waals surface area contributed by atoms with Crippen LogP contribution in [0.15, 0.2) is 320 Å². The van der Waals surface area contributed by atoms with E-state index >= 15 is 0 Å². The van der Waals surface area contributed by atoms with Crippen molar-refractivity contribution in [3.63, 3.8) is 0 Å². The zero-order valence-corrected chi connectivity index (χ0v) is 45.3. The van der Waals surface area contributed by atoms with Crippen LogP contribution in [0.2, 0.25) is 0 Å². The Balaban J connectivity index is 0.992. The molecule has 4 nitrogen and oxygen atoms in total. The summed E-state index contributed by atoms with van der Waals surface area (Å²) < 4.78 is 6.46. The number of fused-ring (bicyclic) bond motifs is 7. The summed E-state index contributed by atoms with van der Waals surface area (Å²) in [6.07, 6.45) is 0. The molecule has 16 rings (SSSR count). The lowest BCUT2D eigenvalue weighted by Crippen LogP contribution is -2.61. The van der Waals surface area contributed by atoms with Gasteiger partial charge in [0, 0.05) is 61.8 Å². The van der Waals surface area contributed by atoms with E-state index in [1.54, 1.807) is 0 Å². The Bertz CT molecular complexity index is 4760. The van der Waals surface area contributed by atoms with Gasteiger partial charge >= 0.3 is 6.85 Å². The van der Waals surface area contributed by atoms with Crippen LogP contribution in [0, 0.1) is 0 Å². The number of hydrogen-bond donors (Lipinski definition) is 0. The Kier molecular flexibility index (Phi) is 11.6. The van der Waals surface area contributed by atoms with Crippen molar-refractivity contribution in [1.82, 2.24) is 0 Å². The van der Waals surface area contributed by atoms with Crippen molar-refractivity contribution in [2.45, 2.75) is 0 Å². The second-order valence-corrected chi connectivity index (χ2v) is 21.6. The number of anilines is 8.